The van der Waals surface area contributed by atoms with Gasteiger partial charge in [0, 0.05) is 37.0 Å². The van der Waals surface area contributed by atoms with Gasteiger partial charge in [-0.15, -0.1) is 0 Å². The Kier molecular flexibility index (Phi) is 8.26. The highest BCUT2D eigenvalue weighted by Gasteiger charge is 2.30. The number of thioether (sulfide) groups is 1. The first-order chi connectivity index (χ1) is 12.1. The molecule has 1 amide bonds. The van der Waals surface area contributed by atoms with Crippen LogP contribution in [0.5, 0.6) is 0 Å². The molecule has 0 atom stereocenters. The predicted octanol–water partition coefficient (Wildman–Crippen LogP) is 2.74. The second kappa shape index (κ2) is 9.70. The Morgan fingerprint density at radius 2 is 1.65 bits per heavy atom. The first kappa shape index (κ1) is 22.1. The number of hydrogen-bond donors (Lipinski definition) is 3. The summed E-state index contributed by atoms with van der Waals surface area (Å²) in [7, 11) is 1.65. The third-order valence-corrected chi connectivity index (χ3v) is 4.88. The van der Waals surface area contributed by atoms with E-state index in [0.29, 0.717) is 19.0 Å². The number of nitrogens with zero attached hydrogens (tertiary/aromatic N) is 1. The maximum absolute atomic E-state index is 12.5. The molecule has 0 heterocycles. The number of rotatable bonds is 7. The van der Waals surface area contributed by atoms with Crippen LogP contribution in [0.25, 0.3) is 0 Å². The van der Waals surface area contributed by atoms with Crippen molar-refractivity contribution in [2.24, 2.45) is 4.99 Å². The molecule has 1 aromatic rings. The molecule has 3 N–H and O–H groups in total. The molecule has 0 bridgehead atoms. The molecule has 0 aliphatic carbocycles. The van der Waals surface area contributed by atoms with Crippen LogP contribution in [0, 0.1) is 0 Å². The summed E-state index contributed by atoms with van der Waals surface area (Å²) in [4.78, 5) is 16.0. The summed E-state index contributed by atoms with van der Waals surface area (Å²) in [6.45, 7) is 5.70. The molecule has 0 fully saturated rings. The minimum Gasteiger partial charge on any atom is -0.355 e. The van der Waals surface area contributed by atoms with E-state index in [4.69, 9.17) is 0 Å². The standard InChI is InChI=1S/C17H25F3N4OS/c1-16(2,26-4)11-24-15(21-3)23-10-9-22-14(25)12-5-7-13(8-6-12)17(18,19)20/h5-8H,9-11H2,1-4H3,(H,22,25)(H2,21,23,24). The lowest BCUT2D eigenvalue weighted by Gasteiger charge is -2.23. The molecule has 0 aliphatic heterocycles. The van der Waals surface area contributed by atoms with Gasteiger partial charge in [0.15, 0.2) is 5.96 Å². The molecule has 0 spiro atoms. The molecule has 5 nitrogen and oxygen atoms in total. The smallest absolute Gasteiger partial charge is 0.355 e. The van der Waals surface area contributed by atoms with E-state index in [0.717, 1.165) is 30.8 Å². The zero-order chi connectivity index (χ0) is 19.8. The van der Waals surface area contributed by atoms with E-state index >= 15 is 0 Å². The number of halogens is 3. The quantitative estimate of drug-likeness (QED) is 0.381. The minimum atomic E-state index is -4.41. The molecule has 146 valence electrons. The van der Waals surface area contributed by atoms with Crippen LogP contribution in [0.15, 0.2) is 29.3 Å². The Hall–Kier alpha value is -1.90. The van der Waals surface area contributed by atoms with E-state index in [9.17, 15) is 18.0 Å². The Balaban J connectivity index is 2.39. The zero-order valence-corrected chi connectivity index (χ0v) is 16.1. The fourth-order valence-corrected chi connectivity index (χ4v) is 2.08. The molecule has 1 rings (SSSR count). The number of hydrogen-bond acceptors (Lipinski definition) is 3. The van der Waals surface area contributed by atoms with Gasteiger partial charge in [0.1, 0.15) is 0 Å². The molecular weight excluding hydrogens is 365 g/mol. The summed E-state index contributed by atoms with van der Waals surface area (Å²) in [5, 5.41) is 8.92. The van der Waals surface area contributed by atoms with Crippen LogP contribution in [-0.2, 0) is 6.18 Å². The van der Waals surface area contributed by atoms with Gasteiger partial charge in [-0.05, 0) is 44.4 Å². The Morgan fingerprint density at radius 1 is 1.08 bits per heavy atom. The lowest BCUT2D eigenvalue weighted by Crippen LogP contribution is -2.45. The van der Waals surface area contributed by atoms with E-state index in [1.165, 1.54) is 0 Å². The molecule has 0 aromatic heterocycles. The predicted molar refractivity (Wildman–Crippen MR) is 101 cm³/mol. The third kappa shape index (κ3) is 7.55. The highest BCUT2D eigenvalue weighted by Crippen LogP contribution is 2.29. The van der Waals surface area contributed by atoms with Crippen molar-refractivity contribution in [3.05, 3.63) is 35.4 Å². The Labute approximate surface area is 156 Å². The number of aliphatic imine (C=N–C) groups is 1. The van der Waals surface area contributed by atoms with Gasteiger partial charge in [0.2, 0.25) is 0 Å². The van der Waals surface area contributed by atoms with Crippen LogP contribution >= 0.6 is 11.8 Å². The summed E-state index contributed by atoms with van der Waals surface area (Å²) < 4.78 is 37.6. The highest BCUT2D eigenvalue weighted by atomic mass is 32.2. The topological polar surface area (TPSA) is 65.5 Å². The molecule has 0 unspecified atom stereocenters. The van der Waals surface area contributed by atoms with Crippen molar-refractivity contribution in [1.29, 1.82) is 0 Å². The number of carbonyl (C=O) groups is 1. The molecule has 26 heavy (non-hydrogen) atoms. The average molecular weight is 390 g/mol. The molecular formula is C17H25F3N4OS. The van der Waals surface area contributed by atoms with Gasteiger partial charge in [0.05, 0.1) is 5.56 Å². The van der Waals surface area contributed by atoms with Crippen LogP contribution in [0.2, 0.25) is 0 Å². The molecule has 0 saturated heterocycles. The van der Waals surface area contributed by atoms with Crippen molar-refractivity contribution >= 4 is 23.6 Å². The SMILES string of the molecule is CN=C(NCCNC(=O)c1ccc(C(F)(F)F)cc1)NCC(C)(C)SC. The molecule has 0 saturated carbocycles. The number of benzene rings is 1. The second-order valence-corrected chi connectivity index (χ2v) is 7.66. The second-order valence-electron chi connectivity index (χ2n) is 6.15. The van der Waals surface area contributed by atoms with Crippen LogP contribution in [0.4, 0.5) is 13.2 Å². The number of nitrogens with one attached hydrogen (secondary N) is 3. The van der Waals surface area contributed by atoms with Crippen LogP contribution in [0.3, 0.4) is 0 Å². The van der Waals surface area contributed by atoms with Crippen LogP contribution in [-0.4, -0.2) is 49.6 Å². The van der Waals surface area contributed by atoms with E-state index in [1.807, 2.05) is 6.26 Å². The Morgan fingerprint density at radius 3 is 2.15 bits per heavy atom. The van der Waals surface area contributed by atoms with E-state index < -0.39 is 17.6 Å². The number of guanidine groups is 1. The van der Waals surface area contributed by atoms with Gasteiger partial charge in [-0.25, -0.2) is 0 Å². The van der Waals surface area contributed by atoms with Gasteiger partial charge in [-0.3, -0.25) is 9.79 Å². The van der Waals surface area contributed by atoms with Gasteiger partial charge in [-0.1, -0.05) is 0 Å². The zero-order valence-electron chi connectivity index (χ0n) is 15.3. The molecule has 1 aromatic carbocycles. The minimum absolute atomic E-state index is 0.0639. The van der Waals surface area contributed by atoms with Crippen molar-refractivity contribution in [3.63, 3.8) is 0 Å². The first-order valence-electron chi connectivity index (χ1n) is 8.04. The van der Waals surface area contributed by atoms with Gasteiger partial charge in [-0.2, -0.15) is 24.9 Å². The van der Waals surface area contributed by atoms with Gasteiger partial charge >= 0.3 is 6.18 Å². The lowest BCUT2D eigenvalue weighted by atomic mass is 10.1. The van der Waals surface area contributed by atoms with Crippen molar-refractivity contribution in [1.82, 2.24) is 16.0 Å². The Bertz CT molecular complexity index is 615. The first-order valence-corrected chi connectivity index (χ1v) is 9.26. The molecule has 0 aliphatic rings. The normalized spacial score (nSPS) is 12.7. The van der Waals surface area contributed by atoms with Crippen molar-refractivity contribution in [2.75, 3.05) is 32.9 Å². The third-order valence-electron chi connectivity index (χ3n) is 3.64. The maximum atomic E-state index is 12.5. The summed E-state index contributed by atoms with van der Waals surface area (Å²) in [6.07, 6.45) is -2.37. The van der Waals surface area contributed by atoms with E-state index in [1.54, 1.807) is 18.8 Å². The van der Waals surface area contributed by atoms with Crippen LogP contribution in [0.1, 0.15) is 29.8 Å². The fraction of sp³-hybridized carbons (Fsp3) is 0.529. The number of amides is 1. The summed E-state index contributed by atoms with van der Waals surface area (Å²) in [5.74, 6) is 0.197. The van der Waals surface area contributed by atoms with Crippen LogP contribution < -0.4 is 16.0 Å². The van der Waals surface area contributed by atoms with Crippen molar-refractivity contribution in [3.8, 4) is 0 Å². The van der Waals surface area contributed by atoms with Gasteiger partial charge < -0.3 is 16.0 Å². The average Bonchev–Trinajstić information content (AvgIpc) is 2.60. The van der Waals surface area contributed by atoms with Crippen molar-refractivity contribution in [2.45, 2.75) is 24.8 Å². The largest absolute Gasteiger partial charge is 0.416 e. The fourth-order valence-electron chi connectivity index (χ4n) is 1.86. The monoisotopic (exact) mass is 390 g/mol. The van der Waals surface area contributed by atoms with Gasteiger partial charge in [0.25, 0.3) is 5.91 Å². The molecule has 9 heteroatoms. The van der Waals surface area contributed by atoms with E-state index in [-0.39, 0.29) is 10.3 Å². The maximum Gasteiger partial charge on any atom is 0.416 e. The highest BCUT2D eigenvalue weighted by molar-refractivity contribution is 7.99. The lowest BCUT2D eigenvalue weighted by molar-refractivity contribution is -0.137. The number of alkyl halides is 3. The summed E-state index contributed by atoms with van der Waals surface area (Å²) in [6, 6.07) is 4.12. The summed E-state index contributed by atoms with van der Waals surface area (Å²) in [5.41, 5.74) is -0.596. The van der Waals surface area contributed by atoms with Crippen molar-refractivity contribution < 1.29 is 18.0 Å². The number of carbonyl (C=O) groups excluding carboxylic acids is 1. The molecule has 0 radical (unpaired) electrons. The van der Waals surface area contributed by atoms with E-state index in [2.05, 4.69) is 34.8 Å². The summed E-state index contributed by atoms with van der Waals surface area (Å²) >= 11 is 1.74.